The van der Waals surface area contributed by atoms with Gasteiger partial charge in [-0.3, -0.25) is 0 Å². The van der Waals surface area contributed by atoms with E-state index < -0.39 is 21.3 Å². The van der Waals surface area contributed by atoms with Gasteiger partial charge in [-0.15, -0.1) is 0 Å². The average Bonchev–Trinajstić information content (AvgIpc) is 3.53. The molecule has 0 saturated heterocycles. The normalized spacial score (nSPS) is 15.1. The Morgan fingerprint density at radius 2 is 1.05 bits per heavy atom. The summed E-state index contributed by atoms with van der Waals surface area (Å²) in [5, 5.41) is 0. The van der Waals surface area contributed by atoms with Crippen LogP contribution in [-0.4, -0.2) is 5.98 Å². The Morgan fingerprint density at radius 3 is 1.59 bits per heavy atom. The molecule has 0 spiro atoms. The Kier molecular flexibility index (Phi) is 7.87. The molecule has 0 bridgehead atoms. The molecule has 0 fully saturated rings. The molecule has 39 heavy (non-hydrogen) atoms. The van der Waals surface area contributed by atoms with E-state index in [-0.39, 0.29) is 0 Å². The molecule has 1 unspecified atom stereocenters. The maximum atomic E-state index is 8.46. The van der Waals surface area contributed by atoms with Crippen LogP contribution in [-0.2, 0) is 28.1 Å². The van der Waals surface area contributed by atoms with Crippen molar-refractivity contribution >= 4 is 29.8 Å². The zero-order chi connectivity index (χ0) is 27.1. The Balaban J connectivity index is 1.48. The molecule has 0 heterocycles. The van der Waals surface area contributed by atoms with Gasteiger partial charge >= 0.3 is 245 Å². The summed E-state index contributed by atoms with van der Waals surface area (Å²) in [5.41, 5.74) is 11.1. The van der Waals surface area contributed by atoms with E-state index in [0.717, 1.165) is 12.8 Å². The molecule has 4 aromatic carbocycles. The van der Waals surface area contributed by atoms with Crippen molar-refractivity contribution in [2.75, 3.05) is 0 Å². The molecule has 0 radical (unpaired) electrons. The predicted octanol–water partition coefficient (Wildman–Crippen LogP) is 9.49. The van der Waals surface area contributed by atoms with E-state index >= 15 is 0 Å². The average molecular weight is 737 g/mol. The van der Waals surface area contributed by atoms with Crippen molar-refractivity contribution in [2.24, 2.45) is 0 Å². The second-order valence-corrected chi connectivity index (χ2v) is 66.4. The van der Waals surface area contributed by atoms with E-state index in [1.807, 2.05) is 0 Å². The van der Waals surface area contributed by atoms with E-state index in [2.05, 4.69) is 98.4 Å². The van der Waals surface area contributed by atoms with Gasteiger partial charge in [-0.2, -0.15) is 0 Å². The molecule has 0 aromatic heterocycles. The molecule has 201 valence electrons. The van der Waals surface area contributed by atoms with Gasteiger partial charge in [-0.25, -0.2) is 0 Å². The van der Waals surface area contributed by atoms with Gasteiger partial charge in [0.05, 0.1) is 0 Å². The quantitative estimate of drug-likeness (QED) is 0.0972. The molecule has 0 N–H and O–H groups in total. The van der Waals surface area contributed by atoms with Gasteiger partial charge in [-0.1, -0.05) is 0 Å². The number of hydrogen-bond acceptors (Lipinski definition) is 0. The third-order valence-corrected chi connectivity index (χ3v) is 74.8. The van der Waals surface area contributed by atoms with Crippen LogP contribution in [0.3, 0.4) is 0 Å². The van der Waals surface area contributed by atoms with Crippen LogP contribution in [0.15, 0.2) is 84.9 Å². The number of rotatable bonds is 10. The second kappa shape index (κ2) is 11.1. The Labute approximate surface area is 243 Å². The number of hydrogen-bond donors (Lipinski definition) is 0. The van der Waals surface area contributed by atoms with Crippen LogP contribution >= 0.6 is 17.2 Å². The first-order valence-corrected chi connectivity index (χ1v) is 36.2. The number of fused-ring (bicyclic) bond motifs is 6. The molecule has 4 heteroatoms. The zero-order valence-corrected chi connectivity index (χ0v) is 29.5. The van der Waals surface area contributed by atoms with E-state index in [1.54, 1.807) is 0 Å². The van der Waals surface area contributed by atoms with Crippen LogP contribution in [0.4, 0.5) is 0 Å². The molecule has 0 nitrogen and oxygen atoms in total. The van der Waals surface area contributed by atoms with Gasteiger partial charge in [0.25, 0.3) is 0 Å². The third kappa shape index (κ3) is 4.68. The first-order chi connectivity index (χ1) is 18.9. The van der Waals surface area contributed by atoms with Crippen molar-refractivity contribution in [1.29, 1.82) is 0 Å². The summed E-state index contributed by atoms with van der Waals surface area (Å²) in [4.78, 5) is 0. The fraction of sp³-hybridized carbons (Fsp3) is 0.314. The number of halogens is 2. The van der Waals surface area contributed by atoms with Crippen LogP contribution in [0.5, 0.6) is 0 Å². The molecule has 4 aromatic rings. The molecule has 0 aliphatic heterocycles. The number of benzene rings is 4. The summed E-state index contributed by atoms with van der Waals surface area (Å²) in [5.74, 6) is -1.57. The SMILES string of the molecule is CCCCCCCC[SiH](C)[Hf]([Cl])([Cl])([c]1cccc2c1Cc1ccccc1-2)[c]1cccc2c1Cc1ccccc1-2. The van der Waals surface area contributed by atoms with E-state index in [4.69, 9.17) is 17.2 Å². The summed E-state index contributed by atoms with van der Waals surface area (Å²) in [7, 11) is 16.9. The topological polar surface area (TPSA) is 0 Å². The molecule has 2 aliphatic carbocycles. The predicted molar refractivity (Wildman–Crippen MR) is 172 cm³/mol. The van der Waals surface area contributed by atoms with Crippen molar-refractivity contribution in [2.45, 2.75) is 70.9 Å². The van der Waals surface area contributed by atoms with Crippen molar-refractivity contribution in [3.8, 4) is 22.3 Å². The van der Waals surface area contributed by atoms with Gasteiger partial charge in [0.15, 0.2) is 0 Å². The van der Waals surface area contributed by atoms with Crippen LogP contribution < -0.4 is 6.64 Å². The summed E-state index contributed by atoms with van der Waals surface area (Å²) in [6, 6.07) is 32.7. The van der Waals surface area contributed by atoms with Gasteiger partial charge in [-0.05, 0) is 0 Å². The molecule has 0 saturated carbocycles. The molecule has 1 atom stereocenters. The summed E-state index contributed by atoms with van der Waals surface area (Å²) >= 11 is -4.90. The van der Waals surface area contributed by atoms with E-state index in [0.29, 0.717) is 0 Å². The van der Waals surface area contributed by atoms with Gasteiger partial charge < -0.3 is 0 Å². The fourth-order valence-corrected chi connectivity index (χ4v) is 54.0. The Morgan fingerprint density at radius 1 is 0.590 bits per heavy atom. The van der Waals surface area contributed by atoms with Gasteiger partial charge in [0.1, 0.15) is 0 Å². The molecular formula is C35H39Cl2HfSi. The van der Waals surface area contributed by atoms with Crippen LogP contribution in [0.25, 0.3) is 22.3 Å². The summed E-state index contributed by atoms with van der Waals surface area (Å²) in [6.45, 7) is 4.81. The minimum absolute atomic E-state index is 0.945. The first-order valence-electron chi connectivity index (χ1n) is 14.9. The Hall–Kier alpha value is -1.45. The molecule has 2 aliphatic rings. The van der Waals surface area contributed by atoms with Crippen LogP contribution in [0.2, 0.25) is 12.6 Å². The van der Waals surface area contributed by atoms with Crippen molar-refractivity contribution < 1.29 is 15.3 Å². The zero-order valence-electron chi connectivity index (χ0n) is 23.3. The maximum absolute atomic E-state index is 8.46. The minimum atomic E-state index is -4.90. The molecule has 6 rings (SSSR count). The van der Waals surface area contributed by atoms with Crippen LogP contribution in [0, 0.1) is 0 Å². The second-order valence-electron chi connectivity index (χ2n) is 11.9. The Bertz CT molecular complexity index is 1420. The van der Waals surface area contributed by atoms with Crippen molar-refractivity contribution in [1.82, 2.24) is 0 Å². The van der Waals surface area contributed by atoms with Gasteiger partial charge in [0.2, 0.25) is 0 Å². The van der Waals surface area contributed by atoms with Gasteiger partial charge in [0, 0.05) is 0 Å². The van der Waals surface area contributed by atoms with Crippen molar-refractivity contribution in [3.05, 3.63) is 107 Å². The molecular weight excluding hydrogens is 698 g/mol. The van der Waals surface area contributed by atoms with E-state index in [9.17, 15) is 0 Å². The fourth-order valence-electron chi connectivity index (χ4n) is 7.33. The van der Waals surface area contributed by atoms with Crippen LogP contribution in [0.1, 0.15) is 67.7 Å². The number of unbranched alkanes of at least 4 members (excludes halogenated alkanes) is 5. The summed E-state index contributed by atoms with van der Waals surface area (Å²) in [6.07, 6.45) is 9.76. The monoisotopic (exact) mass is 737 g/mol. The standard InChI is InChI=1S/2C13H9.C9H21Si.2ClH.Hf/c2*1-3-7-12-10(5-1)9-11-6-2-4-8-13(11)12;1-3-4-5-6-7-8-9-10-2;;;/h2*1-5,7-8H,9H2;10H,3-9H2,1-2H3;2*1H;/q;;;;;+2/p-2. The third-order valence-electron chi connectivity index (χ3n) is 9.55. The summed E-state index contributed by atoms with van der Waals surface area (Å²) < 4.78 is 2.69. The first kappa shape index (κ1) is 27.7. The molecule has 0 amide bonds. The van der Waals surface area contributed by atoms with Crippen molar-refractivity contribution in [3.63, 3.8) is 0 Å². The van der Waals surface area contributed by atoms with E-state index in [1.165, 1.54) is 95.7 Å².